The number of aryl methyl sites for hydroxylation is 1. The molecule has 0 radical (unpaired) electrons. The summed E-state index contributed by atoms with van der Waals surface area (Å²) in [6, 6.07) is 18.4. The fraction of sp³-hybridized carbons (Fsp3) is 0.0909. The van der Waals surface area contributed by atoms with E-state index in [9.17, 15) is 8.42 Å². The summed E-state index contributed by atoms with van der Waals surface area (Å²) in [6.07, 6.45) is 5.28. The first-order chi connectivity index (χ1) is 14.0. The van der Waals surface area contributed by atoms with Gasteiger partial charge in [0.25, 0.3) is 0 Å². The molecule has 2 heterocycles. The van der Waals surface area contributed by atoms with Crippen molar-refractivity contribution in [2.24, 2.45) is 0 Å². The number of rotatable bonds is 6. The van der Waals surface area contributed by atoms with Crippen LogP contribution in [0.3, 0.4) is 0 Å². The molecule has 0 saturated carbocycles. The smallest absolute Gasteiger partial charge is 0.240 e. The van der Waals surface area contributed by atoms with Crippen LogP contribution in [0.25, 0.3) is 22.4 Å². The Balaban J connectivity index is 1.49. The van der Waals surface area contributed by atoms with E-state index in [1.807, 2.05) is 43.3 Å². The van der Waals surface area contributed by atoms with Crippen LogP contribution in [0.2, 0.25) is 0 Å². The van der Waals surface area contributed by atoms with Gasteiger partial charge in [0, 0.05) is 30.1 Å². The zero-order valence-electron chi connectivity index (χ0n) is 15.8. The molecule has 4 rings (SSSR count). The lowest BCUT2D eigenvalue weighted by molar-refractivity contribution is 0.581. The van der Waals surface area contributed by atoms with Gasteiger partial charge in [-0.1, -0.05) is 42.0 Å². The predicted molar refractivity (Wildman–Crippen MR) is 112 cm³/mol. The molecule has 0 atom stereocenters. The van der Waals surface area contributed by atoms with Crippen LogP contribution in [0.4, 0.5) is 0 Å². The minimum Gasteiger partial charge on any atom is -0.277 e. The van der Waals surface area contributed by atoms with Crippen molar-refractivity contribution in [3.63, 3.8) is 0 Å². The lowest BCUT2D eigenvalue weighted by Gasteiger charge is -2.08. The molecule has 29 heavy (non-hydrogen) atoms. The van der Waals surface area contributed by atoms with E-state index in [0.717, 1.165) is 33.5 Å². The quantitative estimate of drug-likeness (QED) is 0.510. The molecule has 0 spiro atoms. The van der Waals surface area contributed by atoms with Gasteiger partial charge in [-0.25, -0.2) is 13.1 Å². The van der Waals surface area contributed by atoms with E-state index in [0.29, 0.717) is 0 Å². The zero-order valence-corrected chi connectivity index (χ0v) is 16.6. The van der Waals surface area contributed by atoms with Crippen LogP contribution in [0, 0.1) is 6.92 Å². The molecule has 0 unspecified atom stereocenters. The molecule has 7 heteroatoms. The fourth-order valence-electron chi connectivity index (χ4n) is 3.02. The lowest BCUT2D eigenvalue weighted by atomic mass is 10.0. The first-order valence-corrected chi connectivity index (χ1v) is 10.6. The Labute approximate surface area is 169 Å². The highest BCUT2D eigenvalue weighted by atomic mass is 32.2. The number of pyridine rings is 1. The van der Waals surface area contributed by atoms with Crippen molar-refractivity contribution in [2.75, 3.05) is 0 Å². The van der Waals surface area contributed by atoms with Gasteiger partial charge in [-0.15, -0.1) is 0 Å². The van der Waals surface area contributed by atoms with E-state index < -0.39 is 10.0 Å². The van der Waals surface area contributed by atoms with Crippen molar-refractivity contribution in [3.05, 3.63) is 90.4 Å². The van der Waals surface area contributed by atoms with Crippen LogP contribution in [-0.4, -0.2) is 23.6 Å². The number of aromatic nitrogens is 3. The Morgan fingerprint density at radius 1 is 0.897 bits per heavy atom. The van der Waals surface area contributed by atoms with Gasteiger partial charge in [-0.3, -0.25) is 10.1 Å². The maximum Gasteiger partial charge on any atom is 0.240 e. The molecule has 4 aromatic rings. The predicted octanol–water partition coefficient (Wildman–Crippen LogP) is 3.93. The maximum absolute atomic E-state index is 12.4. The average molecular weight is 404 g/mol. The van der Waals surface area contributed by atoms with E-state index in [4.69, 9.17) is 0 Å². The third-order valence-corrected chi connectivity index (χ3v) is 6.09. The number of H-pyrrole nitrogens is 1. The minimum absolute atomic E-state index is 0.219. The van der Waals surface area contributed by atoms with Crippen LogP contribution in [0.15, 0.2) is 84.1 Å². The number of benzene rings is 2. The molecule has 0 aliphatic rings. The van der Waals surface area contributed by atoms with E-state index >= 15 is 0 Å². The molecule has 0 aliphatic carbocycles. The second-order valence-corrected chi connectivity index (χ2v) is 8.50. The molecule has 146 valence electrons. The number of hydrogen-bond acceptors (Lipinski definition) is 4. The highest BCUT2D eigenvalue weighted by Gasteiger charge is 2.14. The molecule has 6 nitrogen and oxygen atoms in total. The second kappa shape index (κ2) is 7.98. The first kappa shape index (κ1) is 19.0. The number of hydrogen-bond donors (Lipinski definition) is 2. The lowest BCUT2D eigenvalue weighted by Crippen LogP contribution is -2.23. The van der Waals surface area contributed by atoms with Gasteiger partial charge < -0.3 is 0 Å². The first-order valence-electron chi connectivity index (χ1n) is 9.12. The van der Waals surface area contributed by atoms with Crippen molar-refractivity contribution >= 4 is 10.0 Å². The average Bonchev–Trinajstić information content (AvgIpc) is 3.24. The van der Waals surface area contributed by atoms with Crippen LogP contribution in [0.1, 0.15) is 11.1 Å². The summed E-state index contributed by atoms with van der Waals surface area (Å²) >= 11 is 0. The van der Waals surface area contributed by atoms with E-state index in [-0.39, 0.29) is 11.4 Å². The minimum atomic E-state index is -3.54. The van der Waals surface area contributed by atoms with E-state index in [1.54, 1.807) is 42.9 Å². The van der Waals surface area contributed by atoms with Crippen molar-refractivity contribution in [1.29, 1.82) is 0 Å². The standard InChI is InChI=1S/C22H20N4O2S/c1-16-2-8-20(9-3-16)29(27,28)25-14-17-4-6-19(7-5-17)22-21(15-24-26-22)18-10-12-23-13-11-18/h2-13,15,25H,14H2,1H3,(H,24,26). The third-order valence-electron chi connectivity index (χ3n) is 4.67. The summed E-state index contributed by atoms with van der Waals surface area (Å²) in [4.78, 5) is 4.31. The van der Waals surface area contributed by atoms with Crippen molar-refractivity contribution < 1.29 is 8.42 Å². The Hall–Kier alpha value is -3.29. The number of aromatic amines is 1. The Morgan fingerprint density at radius 3 is 2.28 bits per heavy atom. The largest absolute Gasteiger partial charge is 0.277 e. The van der Waals surface area contributed by atoms with Crippen LogP contribution in [0.5, 0.6) is 0 Å². The normalized spacial score (nSPS) is 11.5. The molecule has 0 fully saturated rings. The summed E-state index contributed by atoms with van der Waals surface area (Å²) in [5, 5.41) is 7.21. The molecule has 2 N–H and O–H groups in total. The number of nitrogens with zero attached hydrogens (tertiary/aromatic N) is 2. The molecule has 0 bridgehead atoms. The molecule has 0 saturated heterocycles. The van der Waals surface area contributed by atoms with Crippen molar-refractivity contribution in [3.8, 4) is 22.4 Å². The van der Waals surface area contributed by atoms with Gasteiger partial charge in [-0.05, 0) is 42.3 Å². The molecule has 0 amide bonds. The van der Waals surface area contributed by atoms with E-state index in [1.165, 1.54) is 0 Å². The maximum atomic E-state index is 12.4. The van der Waals surface area contributed by atoms with Gasteiger partial charge in [0.1, 0.15) is 0 Å². The number of sulfonamides is 1. The molecule has 2 aromatic carbocycles. The van der Waals surface area contributed by atoms with Crippen molar-refractivity contribution in [2.45, 2.75) is 18.4 Å². The summed E-state index contributed by atoms with van der Waals surface area (Å²) in [5.74, 6) is 0. The molecule has 0 aliphatic heterocycles. The third kappa shape index (κ3) is 4.26. The van der Waals surface area contributed by atoms with Gasteiger partial charge in [0.15, 0.2) is 0 Å². The van der Waals surface area contributed by atoms with Gasteiger partial charge in [0.2, 0.25) is 10.0 Å². The van der Waals surface area contributed by atoms with Gasteiger partial charge in [-0.2, -0.15) is 5.10 Å². The summed E-state index contributed by atoms with van der Waals surface area (Å²) in [6.45, 7) is 2.14. The van der Waals surface area contributed by atoms with Crippen LogP contribution in [-0.2, 0) is 16.6 Å². The second-order valence-electron chi connectivity index (χ2n) is 6.73. The van der Waals surface area contributed by atoms with Gasteiger partial charge >= 0.3 is 0 Å². The Kier molecular flexibility index (Phi) is 5.24. The topological polar surface area (TPSA) is 87.7 Å². The summed E-state index contributed by atoms with van der Waals surface area (Å²) in [5.41, 5.74) is 5.78. The summed E-state index contributed by atoms with van der Waals surface area (Å²) in [7, 11) is -3.54. The highest BCUT2D eigenvalue weighted by molar-refractivity contribution is 7.89. The van der Waals surface area contributed by atoms with Crippen molar-refractivity contribution in [1.82, 2.24) is 19.9 Å². The molecule has 2 aromatic heterocycles. The van der Waals surface area contributed by atoms with Gasteiger partial charge in [0.05, 0.1) is 16.8 Å². The summed E-state index contributed by atoms with van der Waals surface area (Å²) < 4.78 is 27.5. The van der Waals surface area contributed by atoms with Crippen LogP contribution >= 0.6 is 0 Å². The fourth-order valence-corrected chi connectivity index (χ4v) is 4.04. The Bertz CT molecular complexity index is 1200. The molecular formula is C22H20N4O2S. The monoisotopic (exact) mass is 404 g/mol. The van der Waals surface area contributed by atoms with Crippen LogP contribution < -0.4 is 4.72 Å². The SMILES string of the molecule is Cc1ccc(S(=O)(=O)NCc2ccc(-c3[nH]ncc3-c3ccncc3)cc2)cc1. The molecular weight excluding hydrogens is 384 g/mol. The van der Waals surface area contributed by atoms with E-state index in [2.05, 4.69) is 19.9 Å². The zero-order chi connectivity index (χ0) is 20.3. The highest BCUT2D eigenvalue weighted by Crippen LogP contribution is 2.29. The Morgan fingerprint density at radius 2 is 1.59 bits per heavy atom. The number of nitrogens with one attached hydrogen (secondary N) is 2.